The molecule has 176 valence electrons. The molecule has 2 unspecified atom stereocenters. The zero-order valence-electron chi connectivity index (χ0n) is 19.7. The van der Waals surface area contributed by atoms with Crippen LogP contribution in [0.3, 0.4) is 0 Å². The van der Waals surface area contributed by atoms with Crippen molar-refractivity contribution in [1.82, 2.24) is 20.1 Å². The SMILES string of the molecule is CC(Sc1nnc(-c2ccc(C(C)(C)C)cc2)n1Cc1ccco1)C(=O)NCC1CCCO1. The molecular formula is C25H32N4O3S. The van der Waals surface area contributed by atoms with Crippen LogP contribution in [-0.4, -0.2) is 45.2 Å². The van der Waals surface area contributed by atoms with E-state index < -0.39 is 0 Å². The number of nitrogens with one attached hydrogen (secondary N) is 1. The normalized spacial score (nSPS) is 17.3. The maximum absolute atomic E-state index is 12.7. The summed E-state index contributed by atoms with van der Waals surface area (Å²) in [6.07, 6.45) is 3.83. The van der Waals surface area contributed by atoms with Crippen molar-refractivity contribution in [2.24, 2.45) is 0 Å². The Morgan fingerprint density at radius 2 is 2.03 bits per heavy atom. The largest absolute Gasteiger partial charge is 0.467 e. The molecule has 2 aromatic heterocycles. The highest BCUT2D eigenvalue weighted by atomic mass is 32.2. The van der Waals surface area contributed by atoms with E-state index in [1.54, 1.807) is 6.26 Å². The molecule has 1 aromatic carbocycles. The van der Waals surface area contributed by atoms with Crippen LogP contribution < -0.4 is 5.32 Å². The smallest absolute Gasteiger partial charge is 0.233 e. The van der Waals surface area contributed by atoms with E-state index in [1.807, 2.05) is 23.6 Å². The second-order valence-electron chi connectivity index (χ2n) is 9.44. The molecule has 3 aromatic rings. The number of benzene rings is 1. The third-order valence-corrected chi connectivity index (χ3v) is 6.88. The molecule has 1 aliphatic rings. The molecule has 3 heterocycles. The number of rotatable bonds is 8. The fraction of sp³-hybridized carbons (Fsp3) is 0.480. The number of nitrogens with zero attached hydrogens (tertiary/aromatic N) is 3. The summed E-state index contributed by atoms with van der Waals surface area (Å²) in [5, 5.41) is 12.3. The minimum Gasteiger partial charge on any atom is -0.467 e. The van der Waals surface area contributed by atoms with Crippen LogP contribution in [0.5, 0.6) is 0 Å². The summed E-state index contributed by atoms with van der Waals surface area (Å²) < 4.78 is 13.2. The monoisotopic (exact) mass is 468 g/mol. The standard InChI is InChI=1S/C25H32N4O3S/c1-17(23(30)26-15-20-7-5-13-31-20)33-24-28-27-22(29(24)16-21-8-6-14-32-21)18-9-11-19(12-10-18)25(2,3)4/h6,8-12,14,17,20H,5,7,13,15-16H2,1-4H3,(H,26,30). The van der Waals surface area contributed by atoms with Gasteiger partial charge in [0.2, 0.25) is 5.91 Å². The van der Waals surface area contributed by atoms with Crippen LogP contribution in [0, 0.1) is 0 Å². The van der Waals surface area contributed by atoms with Gasteiger partial charge in [-0.2, -0.15) is 0 Å². The van der Waals surface area contributed by atoms with Gasteiger partial charge in [0.15, 0.2) is 11.0 Å². The van der Waals surface area contributed by atoms with Crippen LogP contribution in [0.25, 0.3) is 11.4 Å². The molecule has 1 N–H and O–H groups in total. The maximum Gasteiger partial charge on any atom is 0.233 e. The minimum absolute atomic E-state index is 0.0286. The number of furan rings is 1. The van der Waals surface area contributed by atoms with Crippen molar-refractivity contribution in [1.29, 1.82) is 0 Å². The van der Waals surface area contributed by atoms with Gasteiger partial charge in [0.25, 0.3) is 0 Å². The Labute approximate surface area is 199 Å². The number of carbonyl (C=O) groups excluding carboxylic acids is 1. The summed E-state index contributed by atoms with van der Waals surface area (Å²) >= 11 is 1.40. The first-order valence-corrected chi connectivity index (χ1v) is 12.3. The fourth-order valence-electron chi connectivity index (χ4n) is 3.78. The van der Waals surface area contributed by atoms with E-state index in [1.165, 1.54) is 17.3 Å². The molecule has 4 rings (SSSR count). The van der Waals surface area contributed by atoms with Gasteiger partial charge in [-0.15, -0.1) is 10.2 Å². The summed E-state index contributed by atoms with van der Waals surface area (Å²) in [4.78, 5) is 12.7. The van der Waals surface area contributed by atoms with Crippen molar-refractivity contribution in [2.45, 2.75) is 69.0 Å². The first-order valence-electron chi connectivity index (χ1n) is 11.4. The summed E-state index contributed by atoms with van der Waals surface area (Å²) in [6.45, 7) is 10.3. The second-order valence-corrected chi connectivity index (χ2v) is 10.7. The molecule has 0 radical (unpaired) electrons. The first-order chi connectivity index (χ1) is 15.8. The van der Waals surface area contributed by atoms with Gasteiger partial charge in [-0.05, 0) is 42.9 Å². The summed E-state index contributed by atoms with van der Waals surface area (Å²) in [5.41, 5.74) is 2.31. The number of carbonyl (C=O) groups is 1. The van der Waals surface area contributed by atoms with Gasteiger partial charge in [0.1, 0.15) is 5.76 Å². The Balaban J connectivity index is 1.53. The Kier molecular flexibility index (Phi) is 7.24. The highest BCUT2D eigenvalue weighted by molar-refractivity contribution is 8.00. The van der Waals surface area contributed by atoms with E-state index >= 15 is 0 Å². The minimum atomic E-state index is -0.318. The van der Waals surface area contributed by atoms with Crippen molar-refractivity contribution < 1.29 is 13.9 Å². The summed E-state index contributed by atoms with van der Waals surface area (Å²) in [7, 11) is 0. The zero-order chi connectivity index (χ0) is 23.4. The number of hydrogen-bond acceptors (Lipinski definition) is 6. The number of ether oxygens (including phenoxy) is 1. The highest BCUT2D eigenvalue weighted by Crippen LogP contribution is 2.30. The van der Waals surface area contributed by atoms with Crippen molar-refractivity contribution in [3.8, 4) is 11.4 Å². The number of thioether (sulfide) groups is 1. The number of hydrogen-bond donors (Lipinski definition) is 1. The topological polar surface area (TPSA) is 82.2 Å². The molecular weight excluding hydrogens is 436 g/mol. The Morgan fingerprint density at radius 1 is 1.24 bits per heavy atom. The van der Waals surface area contributed by atoms with Gasteiger partial charge >= 0.3 is 0 Å². The molecule has 0 bridgehead atoms. The van der Waals surface area contributed by atoms with E-state index in [2.05, 4.69) is 60.6 Å². The lowest BCUT2D eigenvalue weighted by atomic mass is 9.87. The van der Waals surface area contributed by atoms with Gasteiger partial charge < -0.3 is 14.5 Å². The second kappa shape index (κ2) is 10.1. The van der Waals surface area contributed by atoms with E-state index in [0.717, 1.165) is 36.6 Å². The highest BCUT2D eigenvalue weighted by Gasteiger charge is 2.23. The molecule has 8 heteroatoms. The fourth-order valence-corrected chi connectivity index (χ4v) is 4.66. The third kappa shape index (κ3) is 5.86. The van der Waals surface area contributed by atoms with Crippen LogP contribution in [0.2, 0.25) is 0 Å². The predicted molar refractivity (Wildman–Crippen MR) is 129 cm³/mol. The van der Waals surface area contributed by atoms with Crippen LogP contribution in [0.4, 0.5) is 0 Å². The maximum atomic E-state index is 12.7. The molecule has 33 heavy (non-hydrogen) atoms. The molecule has 1 saturated heterocycles. The van der Waals surface area contributed by atoms with E-state index in [0.29, 0.717) is 18.2 Å². The molecule has 7 nitrogen and oxygen atoms in total. The Bertz CT molecular complexity index is 1050. The first kappa shape index (κ1) is 23.6. The lowest BCUT2D eigenvalue weighted by molar-refractivity contribution is -0.120. The van der Waals surface area contributed by atoms with Crippen molar-refractivity contribution in [3.05, 3.63) is 54.0 Å². The van der Waals surface area contributed by atoms with Gasteiger partial charge in [0, 0.05) is 18.7 Å². The van der Waals surface area contributed by atoms with Crippen molar-refractivity contribution >= 4 is 17.7 Å². The Morgan fingerprint density at radius 3 is 2.67 bits per heavy atom. The summed E-state index contributed by atoms with van der Waals surface area (Å²) in [6, 6.07) is 12.2. The number of amides is 1. The van der Waals surface area contributed by atoms with Gasteiger partial charge in [0.05, 0.1) is 24.2 Å². The number of aromatic nitrogens is 3. The lowest BCUT2D eigenvalue weighted by Gasteiger charge is -2.19. The average molecular weight is 469 g/mol. The molecule has 1 fully saturated rings. The molecule has 0 aliphatic carbocycles. The molecule has 0 spiro atoms. The molecule has 0 saturated carbocycles. The van der Waals surface area contributed by atoms with E-state index in [-0.39, 0.29) is 22.7 Å². The lowest BCUT2D eigenvalue weighted by Crippen LogP contribution is -2.36. The van der Waals surface area contributed by atoms with Crippen LogP contribution >= 0.6 is 11.8 Å². The van der Waals surface area contributed by atoms with Gasteiger partial charge in [-0.3, -0.25) is 9.36 Å². The van der Waals surface area contributed by atoms with E-state index in [4.69, 9.17) is 9.15 Å². The van der Waals surface area contributed by atoms with Crippen LogP contribution in [0.15, 0.2) is 52.2 Å². The van der Waals surface area contributed by atoms with Crippen molar-refractivity contribution in [2.75, 3.05) is 13.2 Å². The van der Waals surface area contributed by atoms with Gasteiger partial charge in [-0.1, -0.05) is 56.8 Å². The summed E-state index contributed by atoms with van der Waals surface area (Å²) in [5.74, 6) is 1.53. The zero-order valence-corrected chi connectivity index (χ0v) is 20.5. The molecule has 1 aliphatic heterocycles. The molecule has 1 amide bonds. The van der Waals surface area contributed by atoms with E-state index in [9.17, 15) is 4.79 Å². The van der Waals surface area contributed by atoms with Gasteiger partial charge in [-0.25, -0.2) is 0 Å². The molecule has 2 atom stereocenters. The average Bonchev–Trinajstić information content (AvgIpc) is 3.55. The van der Waals surface area contributed by atoms with Crippen LogP contribution in [-0.2, 0) is 21.5 Å². The van der Waals surface area contributed by atoms with Crippen molar-refractivity contribution in [3.63, 3.8) is 0 Å². The predicted octanol–water partition coefficient (Wildman–Crippen LogP) is 4.66. The quantitative estimate of drug-likeness (QED) is 0.484. The third-order valence-electron chi connectivity index (χ3n) is 5.80. The van der Waals surface area contributed by atoms with Crippen LogP contribution in [0.1, 0.15) is 51.9 Å². The Hall–Kier alpha value is -2.58.